The fourth-order valence-corrected chi connectivity index (χ4v) is 3.78. The second-order valence-electron chi connectivity index (χ2n) is 8.53. The Bertz CT molecular complexity index is 1280. The number of carbonyl (C=O) groups is 1. The molecule has 2 aromatic heterocycles. The minimum absolute atomic E-state index is 0.136. The van der Waals surface area contributed by atoms with Gasteiger partial charge in [0.15, 0.2) is 5.82 Å². The molecule has 31 heavy (non-hydrogen) atoms. The molecule has 0 saturated carbocycles. The number of fused-ring (bicyclic) bond motifs is 1. The molecule has 2 aromatic carbocycles. The van der Waals surface area contributed by atoms with Gasteiger partial charge in [0, 0.05) is 42.1 Å². The van der Waals surface area contributed by atoms with Crippen LogP contribution < -0.4 is 5.32 Å². The maximum atomic E-state index is 14.6. The van der Waals surface area contributed by atoms with Gasteiger partial charge in [-0.2, -0.15) is 4.98 Å². The number of hydrogen-bond donors (Lipinski definition) is 1. The molecule has 5 rings (SSSR count). The van der Waals surface area contributed by atoms with E-state index < -0.39 is 5.82 Å². The van der Waals surface area contributed by atoms with Gasteiger partial charge in [0.2, 0.25) is 0 Å². The SMILES string of the molecule is CC1(C)CN(C(=O)Nc2ccc(F)c(-c3nc4ncc(-c5ccccc5)cn4n3)c2)C1. The Morgan fingerprint density at radius 2 is 1.87 bits per heavy atom. The van der Waals surface area contributed by atoms with E-state index in [1.165, 1.54) is 16.6 Å². The Kier molecular flexibility index (Phi) is 4.43. The van der Waals surface area contributed by atoms with E-state index in [0.717, 1.165) is 11.1 Å². The summed E-state index contributed by atoms with van der Waals surface area (Å²) >= 11 is 0. The lowest BCUT2D eigenvalue weighted by Gasteiger charge is -2.45. The summed E-state index contributed by atoms with van der Waals surface area (Å²) in [5.41, 5.74) is 2.70. The minimum atomic E-state index is -0.470. The van der Waals surface area contributed by atoms with Crippen LogP contribution in [0.1, 0.15) is 13.8 Å². The zero-order valence-electron chi connectivity index (χ0n) is 17.2. The lowest BCUT2D eigenvalue weighted by atomic mass is 9.85. The lowest BCUT2D eigenvalue weighted by Crippen LogP contribution is -2.56. The van der Waals surface area contributed by atoms with Crippen molar-refractivity contribution in [2.24, 2.45) is 5.41 Å². The predicted octanol–water partition coefficient (Wildman–Crippen LogP) is 4.47. The van der Waals surface area contributed by atoms with E-state index >= 15 is 0 Å². The number of likely N-dealkylation sites (tertiary alicyclic amines) is 1. The Labute approximate surface area is 178 Å². The van der Waals surface area contributed by atoms with Gasteiger partial charge in [0.25, 0.3) is 5.78 Å². The largest absolute Gasteiger partial charge is 0.323 e. The summed E-state index contributed by atoms with van der Waals surface area (Å²) in [7, 11) is 0. The molecule has 4 aromatic rings. The smallest absolute Gasteiger partial charge is 0.321 e. The highest BCUT2D eigenvalue weighted by Gasteiger charge is 2.37. The van der Waals surface area contributed by atoms with E-state index in [-0.39, 0.29) is 22.8 Å². The molecule has 0 spiro atoms. The Balaban J connectivity index is 1.43. The molecule has 0 atom stereocenters. The summed E-state index contributed by atoms with van der Waals surface area (Å²) in [5.74, 6) is 0.102. The average molecular weight is 416 g/mol. The number of hydrogen-bond acceptors (Lipinski definition) is 4. The van der Waals surface area contributed by atoms with Crippen molar-refractivity contribution in [3.63, 3.8) is 0 Å². The van der Waals surface area contributed by atoms with E-state index in [1.807, 2.05) is 36.5 Å². The Morgan fingerprint density at radius 3 is 2.61 bits per heavy atom. The molecule has 0 aliphatic carbocycles. The highest BCUT2D eigenvalue weighted by atomic mass is 19.1. The van der Waals surface area contributed by atoms with Crippen LogP contribution in [-0.2, 0) is 0 Å². The van der Waals surface area contributed by atoms with Crippen molar-refractivity contribution >= 4 is 17.5 Å². The topological polar surface area (TPSA) is 75.4 Å². The number of nitrogens with one attached hydrogen (secondary N) is 1. The fraction of sp³-hybridized carbons (Fsp3) is 0.217. The zero-order valence-corrected chi connectivity index (χ0v) is 17.2. The van der Waals surface area contributed by atoms with Crippen molar-refractivity contribution in [3.05, 3.63) is 66.7 Å². The van der Waals surface area contributed by atoms with Crippen LogP contribution >= 0.6 is 0 Å². The molecule has 1 aliphatic heterocycles. The molecular formula is C23H21FN6O. The van der Waals surface area contributed by atoms with Gasteiger partial charge in [-0.25, -0.2) is 18.7 Å². The number of halogens is 1. The molecule has 7 nitrogen and oxygen atoms in total. The second-order valence-corrected chi connectivity index (χ2v) is 8.53. The van der Waals surface area contributed by atoms with Crippen LogP contribution in [0.3, 0.4) is 0 Å². The highest BCUT2D eigenvalue weighted by molar-refractivity contribution is 5.90. The van der Waals surface area contributed by atoms with Gasteiger partial charge in [-0.1, -0.05) is 44.2 Å². The molecule has 2 amide bonds. The summed E-state index contributed by atoms with van der Waals surface area (Å²) in [6, 6.07) is 14.0. The summed E-state index contributed by atoms with van der Waals surface area (Å²) in [4.78, 5) is 22.8. The number of amides is 2. The van der Waals surface area contributed by atoms with Crippen LogP contribution in [0.5, 0.6) is 0 Å². The van der Waals surface area contributed by atoms with Gasteiger partial charge in [-0.15, -0.1) is 5.10 Å². The number of rotatable bonds is 3. The quantitative estimate of drug-likeness (QED) is 0.535. The third-order valence-corrected chi connectivity index (χ3v) is 5.28. The normalized spacial score (nSPS) is 15.0. The summed E-state index contributed by atoms with van der Waals surface area (Å²) in [6.45, 7) is 5.60. The number of anilines is 1. The molecule has 8 heteroatoms. The van der Waals surface area contributed by atoms with Crippen molar-refractivity contribution < 1.29 is 9.18 Å². The summed E-state index contributed by atoms with van der Waals surface area (Å²) in [5, 5.41) is 7.24. The third kappa shape index (κ3) is 3.72. The Morgan fingerprint density at radius 1 is 1.10 bits per heavy atom. The van der Waals surface area contributed by atoms with E-state index in [2.05, 4.69) is 34.2 Å². The maximum Gasteiger partial charge on any atom is 0.321 e. The van der Waals surface area contributed by atoms with E-state index in [0.29, 0.717) is 24.6 Å². The molecule has 3 heterocycles. The van der Waals surface area contributed by atoms with E-state index in [4.69, 9.17) is 0 Å². The second kappa shape index (κ2) is 7.16. The van der Waals surface area contributed by atoms with Crippen molar-refractivity contribution in [1.82, 2.24) is 24.5 Å². The fourth-order valence-electron chi connectivity index (χ4n) is 3.78. The molecule has 1 fully saturated rings. The highest BCUT2D eigenvalue weighted by Crippen LogP contribution is 2.30. The van der Waals surface area contributed by atoms with Crippen molar-refractivity contribution in [2.45, 2.75) is 13.8 Å². The standard InChI is InChI=1S/C23H21FN6O/c1-23(2)13-29(14-23)22(31)26-17-8-9-19(24)18(10-17)20-27-21-25-11-16(12-30(21)28-20)15-6-4-3-5-7-15/h3-12H,13-14H2,1-2H3,(H,26,31). The molecule has 0 radical (unpaired) electrons. The molecule has 1 aliphatic rings. The van der Waals surface area contributed by atoms with E-state index in [9.17, 15) is 9.18 Å². The zero-order chi connectivity index (χ0) is 21.6. The molecule has 1 saturated heterocycles. The van der Waals surface area contributed by atoms with Crippen LogP contribution in [0.25, 0.3) is 28.3 Å². The third-order valence-electron chi connectivity index (χ3n) is 5.28. The van der Waals surface area contributed by atoms with Gasteiger partial charge in [-0.05, 0) is 23.8 Å². The van der Waals surface area contributed by atoms with E-state index in [1.54, 1.807) is 17.2 Å². The van der Waals surface area contributed by atoms with Crippen LogP contribution in [0.4, 0.5) is 14.9 Å². The first-order valence-electron chi connectivity index (χ1n) is 10.0. The first-order valence-corrected chi connectivity index (χ1v) is 10.0. The van der Waals surface area contributed by atoms with Gasteiger partial charge in [-0.3, -0.25) is 0 Å². The van der Waals surface area contributed by atoms with Gasteiger partial charge in [0.1, 0.15) is 5.82 Å². The van der Waals surface area contributed by atoms with Crippen LogP contribution in [0.15, 0.2) is 60.9 Å². The number of urea groups is 1. The summed E-state index contributed by atoms with van der Waals surface area (Å²) < 4.78 is 16.1. The van der Waals surface area contributed by atoms with Crippen LogP contribution in [-0.4, -0.2) is 43.6 Å². The number of aromatic nitrogens is 4. The van der Waals surface area contributed by atoms with Gasteiger partial charge < -0.3 is 10.2 Å². The van der Waals surface area contributed by atoms with Crippen LogP contribution in [0.2, 0.25) is 0 Å². The number of nitrogens with zero attached hydrogens (tertiary/aromatic N) is 5. The predicted molar refractivity (Wildman–Crippen MR) is 116 cm³/mol. The van der Waals surface area contributed by atoms with Gasteiger partial charge in [0.05, 0.1) is 5.56 Å². The van der Waals surface area contributed by atoms with Crippen molar-refractivity contribution in [1.29, 1.82) is 0 Å². The van der Waals surface area contributed by atoms with Crippen molar-refractivity contribution in [3.8, 4) is 22.5 Å². The van der Waals surface area contributed by atoms with Crippen LogP contribution in [0, 0.1) is 11.2 Å². The summed E-state index contributed by atoms with van der Waals surface area (Å²) in [6.07, 6.45) is 3.52. The number of benzene rings is 2. The van der Waals surface area contributed by atoms with Gasteiger partial charge >= 0.3 is 6.03 Å². The minimum Gasteiger partial charge on any atom is -0.323 e. The first-order chi connectivity index (χ1) is 14.9. The maximum absolute atomic E-state index is 14.6. The molecule has 0 bridgehead atoms. The molecule has 156 valence electrons. The van der Waals surface area contributed by atoms with Crippen molar-refractivity contribution in [2.75, 3.05) is 18.4 Å². The Hall–Kier alpha value is -3.81. The number of carbonyl (C=O) groups excluding carboxylic acids is 1. The molecule has 1 N–H and O–H groups in total. The lowest BCUT2D eigenvalue weighted by molar-refractivity contribution is 0.0688. The monoisotopic (exact) mass is 416 g/mol. The molecule has 0 unspecified atom stereocenters. The first kappa shape index (κ1) is 19.2. The molecular weight excluding hydrogens is 395 g/mol. The average Bonchev–Trinajstić information content (AvgIpc) is 3.17.